The molecule has 0 spiro atoms. The summed E-state index contributed by atoms with van der Waals surface area (Å²) in [5.74, 6) is -0.292. The van der Waals surface area contributed by atoms with Gasteiger partial charge in [-0.1, -0.05) is 45.0 Å². The fraction of sp³-hybridized carbons (Fsp3) is 0.316. The van der Waals surface area contributed by atoms with Crippen molar-refractivity contribution in [1.29, 1.82) is 0 Å². The maximum Gasteiger partial charge on any atom is 0.355 e. The number of carbonyl (C=O) groups is 1. The highest BCUT2D eigenvalue weighted by atomic mass is 127. The number of rotatable bonds is 3. The zero-order chi connectivity index (χ0) is 18.4. The second-order valence-electron chi connectivity index (χ2n) is 6.82. The van der Waals surface area contributed by atoms with Gasteiger partial charge in [0.1, 0.15) is 5.69 Å². The van der Waals surface area contributed by atoms with Crippen LogP contribution in [0.25, 0.3) is 21.3 Å². The second kappa shape index (κ2) is 7.19. The third-order valence-corrected chi connectivity index (χ3v) is 7.69. The number of fused-ring (bicyclic) bond motifs is 1. The van der Waals surface area contributed by atoms with Crippen LogP contribution in [-0.2, 0) is 10.2 Å². The smallest absolute Gasteiger partial charge is 0.355 e. The average Bonchev–Trinajstić information content (AvgIpc) is 3.02. The second-order valence-corrected chi connectivity index (χ2v) is 10.7. The lowest BCUT2D eigenvalue weighted by molar-refractivity contribution is 0.0519. The van der Waals surface area contributed by atoms with Crippen LogP contribution >= 0.6 is 56.5 Å². The largest absolute Gasteiger partial charge is 0.461 e. The molecule has 0 saturated carbocycles. The van der Waals surface area contributed by atoms with Crippen LogP contribution in [0.15, 0.2) is 24.3 Å². The van der Waals surface area contributed by atoms with Crippen molar-refractivity contribution >= 4 is 72.7 Å². The molecule has 0 aliphatic rings. The Kier molecular flexibility index (Phi) is 5.51. The molecule has 2 heterocycles. The van der Waals surface area contributed by atoms with Crippen molar-refractivity contribution in [3.8, 4) is 11.1 Å². The zero-order valence-electron chi connectivity index (χ0n) is 14.5. The Morgan fingerprint density at radius 1 is 1.20 bits per heavy atom. The highest BCUT2D eigenvalue weighted by molar-refractivity contribution is 14.1. The molecule has 1 N–H and O–H groups in total. The molecular formula is C19H19I2NO2S. The van der Waals surface area contributed by atoms with E-state index >= 15 is 0 Å². The van der Waals surface area contributed by atoms with Gasteiger partial charge in [-0.3, -0.25) is 0 Å². The first kappa shape index (κ1) is 19.2. The normalized spacial score (nSPS) is 11.9. The summed E-state index contributed by atoms with van der Waals surface area (Å²) in [6, 6.07) is 8.72. The molecule has 0 fully saturated rings. The van der Waals surface area contributed by atoms with E-state index in [0.29, 0.717) is 12.3 Å². The number of hydrogen-bond acceptors (Lipinski definition) is 3. The Hall–Kier alpha value is -0.610. The van der Waals surface area contributed by atoms with E-state index in [4.69, 9.17) is 4.74 Å². The third-order valence-electron chi connectivity index (χ3n) is 4.05. The van der Waals surface area contributed by atoms with Crippen molar-refractivity contribution < 1.29 is 9.53 Å². The summed E-state index contributed by atoms with van der Waals surface area (Å²) in [6.07, 6.45) is 0. The van der Waals surface area contributed by atoms with Gasteiger partial charge < -0.3 is 9.72 Å². The predicted octanol–water partition coefficient (Wildman–Crippen LogP) is 6.58. The summed E-state index contributed by atoms with van der Waals surface area (Å²) in [5, 5.41) is 0. The summed E-state index contributed by atoms with van der Waals surface area (Å²) < 4.78 is 8.43. The first-order valence-corrected chi connectivity index (χ1v) is 11.0. The topological polar surface area (TPSA) is 42.1 Å². The highest BCUT2D eigenvalue weighted by Gasteiger charge is 2.23. The van der Waals surface area contributed by atoms with Gasteiger partial charge >= 0.3 is 5.97 Å². The fourth-order valence-electron chi connectivity index (χ4n) is 2.71. The van der Waals surface area contributed by atoms with Gasteiger partial charge in [-0.25, -0.2) is 4.79 Å². The molecule has 1 aromatic carbocycles. The van der Waals surface area contributed by atoms with Gasteiger partial charge in [0.05, 0.1) is 23.3 Å². The predicted molar refractivity (Wildman–Crippen MR) is 122 cm³/mol. The molecule has 0 aliphatic carbocycles. The zero-order valence-corrected chi connectivity index (χ0v) is 19.6. The van der Waals surface area contributed by atoms with Crippen LogP contribution in [0.2, 0.25) is 0 Å². The van der Waals surface area contributed by atoms with E-state index in [0.717, 1.165) is 24.9 Å². The van der Waals surface area contributed by atoms with E-state index in [2.05, 4.69) is 95.2 Å². The molecular weight excluding hydrogens is 560 g/mol. The number of hydrogen-bond donors (Lipinski definition) is 1. The van der Waals surface area contributed by atoms with Crippen LogP contribution in [0.3, 0.4) is 0 Å². The lowest BCUT2D eigenvalue weighted by Gasteiger charge is -2.19. The highest BCUT2D eigenvalue weighted by Crippen LogP contribution is 2.42. The van der Waals surface area contributed by atoms with Gasteiger partial charge in [0.15, 0.2) is 0 Å². The molecule has 0 amide bonds. The fourth-order valence-corrected chi connectivity index (χ4v) is 5.85. The number of esters is 1. The maximum atomic E-state index is 12.2. The first-order chi connectivity index (χ1) is 11.7. The van der Waals surface area contributed by atoms with E-state index < -0.39 is 0 Å². The van der Waals surface area contributed by atoms with Gasteiger partial charge in [-0.05, 0) is 68.6 Å². The Morgan fingerprint density at radius 2 is 1.84 bits per heavy atom. The number of carbonyl (C=O) groups excluding carboxylic acids is 1. The Balaban J connectivity index is 2.11. The van der Waals surface area contributed by atoms with Crippen molar-refractivity contribution in [2.24, 2.45) is 0 Å². The molecule has 0 saturated heterocycles. The van der Waals surface area contributed by atoms with E-state index in [-0.39, 0.29) is 11.4 Å². The maximum absolute atomic E-state index is 12.2. The molecule has 3 rings (SSSR count). The SMILES string of the molecule is CCOC(=O)c1[nH]c2c(-c3ccc(C(C)(C)C)cc3)c(I)sc2c1I. The summed E-state index contributed by atoms with van der Waals surface area (Å²) in [5.41, 5.74) is 5.34. The van der Waals surface area contributed by atoms with E-state index in [1.807, 2.05) is 6.92 Å². The summed E-state index contributed by atoms with van der Waals surface area (Å²) in [6.45, 7) is 8.84. The molecule has 132 valence electrons. The van der Waals surface area contributed by atoms with Crippen LogP contribution in [0.5, 0.6) is 0 Å². The molecule has 6 heteroatoms. The summed E-state index contributed by atoms with van der Waals surface area (Å²) in [7, 11) is 0. The molecule has 0 unspecified atom stereocenters. The van der Waals surface area contributed by atoms with Gasteiger partial charge in [-0.15, -0.1) is 11.3 Å². The standard InChI is InChI=1S/C19H19I2NO2S/c1-5-24-18(23)15-13(20)16-14(22-15)12(17(21)25-16)10-6-8-11(9-7-10)19(2,3)4/h6-9,22H,5H2,1-4H3. The molecule has 0 radical (unpaired) electrons. The number of aromatic nitrogens is 1. The Bertz CT molecular complexity index is 933. The van der Waals surface area contributed by atoms with E-state index in [1.54, 1.807) is 11.3 Å². The first-order valence-electron chi connectivity index (χ1n) is 8.01. The van der Waals surface area contributed by atoms with Crippen LogP contribution in [-0.4, -0.2) is 17.6 Å². The number of benzene rings is 1. The third kappa shape index (κ3) is 3.62. The molecule has 3 aromatic rings. The number of H-pyrrole nitrogens is 1. The van der Waals surface area contributed by atoms with Gasteiger partial charge in [0.25, 0.3) is 0 Å². The average molecular weight is 579 g/mol. The quantitative estimate of drug-likeness (QED) is 0.282. The van der Waals surface area contributed by atoms with Gasteiger partial charge in [-0.2, -0.15) is 0 Å². The van der Waals surface area contributed by atoms with Crippen molar-refractivity contribution in [3.05, 3.63) is 42.0 Å². The minimum atomic E-state index is -0.292. The Morgan fingerprint density at radius 3 is 2.40 bits per heavy atom. The van der Waals surface area contributed by atoms with E-state index in [9.17, 15) is 4.79 Å². The summed E-state index contributed by atoms with van der Waals surface area (Å²) >= 11 is 6.32. The molecule has 3 nitrogen and oxygen atoms in total. The van der Waals surface area contributed by atoms with Crippen LogP contribution in [0, 0.1) is 6.45 Å². The number of nitrogens with one attached hydrogen (secondary N) is 1. The van der Waals surface area contributed by atoms with Crippen molar-refractivity contribution in [3.63, 3.8) is 0 Å². The number of thiophene rings is 1. The molecule has 0 atom stereocenters. The van der Waals surface area contributed by atoms with Crippen LogP contribution < -0.4 is 0 Å². The molecule has 0 aliphatic heterocycles. The minimum Gasteiger partial charge on any atom is -0.461 e. The lowest BCUT2D eigenvalue weighted by atomic mass is 9.86. The van der Waals surface area contributed by atoms with Crippen molar-refractivity contribution in [2.75, 3.05) is 6.61 Å². The van der Waals surface area contributed by atoms with Crippen molar-refractivity contribution in [2.45, 2.75) is 33.1 Å². The Labute approximate surface area is 178 Å². The van der Waals surface area contributed by atoms with E-state index in [1.165, 1.54) is 8.45 Å². The number of halogens is 2. The van der Waals surface area contributed by atoms with Gasteiger partial charge in [0, 0.05) is 5.56 Å². The van der Waals surface area contributed by atoms with Crippen LogP contribution in [0.1, 0.15) is 43.7 Å². The molecule has 25 heavy (non-hydrogen) atoms. The number of ether oxygens (including phenoxy) is 1. The van der Waals surface area contributed by atoms with Crippen molar-refractivity contribution in [1.82, 2.24) is 4.98 Å². The lowest BCUT2D eigenvalue weighted by Crippen LogP contribution is -2.10. The molecule has 2 aromatic heterocycles. The number of aromatic amines is 1. The monoisotopic (exact) mass is 579 g/mol. The molecule has 0 bridgehead atoms. The van der Waals surface area contributed by atoms with Gasteiger partial charge in [0.2, 0.25) is 0 Å². The summed E-state index contributed by atoms with van der Waals surface area (Å²) in [4.78, 5) is 15.5. The minimum absolute atomic E-state index is 0.133. The van der Waals surface area contributed by atoms with Crippen LogP contribution in [0.4, 0.5) is 0 Å².